The summed E-state index contributed by atoms with van der Waals surface area (Å²) in [6.45, 7) is 2.73. The lowest BCUT2D eigenvalue weighted by Gasteiger charge is -2.23. The van der Waals surface area contributed by atoms with Crippen LogP contribution in [-0.4, -0.2) is 30.1 Å². The fraction of sp³-hybridized carbons (Fsp3) is 0.250. The van der Waals surface area contributed by atoms with Crippen LogP contribution in [0.25, 0.3) is 10.9 Å². The number of hydrogen-bond donors (Lipinski definition) is 1. The van der Waals surface area contributed by atoms with E-state index in [1.807, 2.05) is 60.7 Å². The van der Waals surface area contributed by atoms with Crippen LogP contribution in [0.5, 0.6) is 5.75 Å². The van der Waals surface area contributed by atoms with Gasteiger partial charge in [0.2, 0.25) is 0 Å². The summed E-state index contributed by atoms with van der Waals surface area (Å²) in [5, 5.41) is 5.23. The predicted molar refractivity (Wildman–Crippen MR) is 136 cm³/mol. The summed E-state index contributed by atoms with van der Waals surface area (Å²) in [5.74, 6) is 0.579. The monoisotopic (exact) mass is 475 g/mol. The molecule has 0 spiro atoms. The van der Waals surface area contributed by atoms with Gasteiger partial charge in [-0.15, -0.1) is 0 Å². The maximum absolute atomic E-state index is 15.2. The van der Waals surface area contributed by atoms with E-state index in [9.17, 15) is 0 Å². The second kappa shape index (κ2) is 10.00. The average molecular weight is 476 g/mol. The standard InChI is InChI=1S/C28H27ClFN3O/c1-34-23-10-11-26-24(17-23)27(12-13-31-26)32-28(19-6-8-22(29)9-7-19)20-4-5-21(25(30)16-20)18-33-14-2-3-15-33/h4-13,16-17,28H,2-3,14-15,18H2,1H3,(H,31,32). The molecule has 1 aliphatic heterocycles. The van der Waals surface area contributed by atoms with Crippen LogP contribution in [0.2, 0.25) is 5.02 Å². The Morgan fingerprint density at radius 1 is 1.00 bits per heavy atom. The van der Waals surface area contributed by atoms with Crippen LogP contribution in [0.1, 0.15) is 35.6 Å². The van der Waals surface area contributed by atoms with Crippen molar-refractivity contribution in [1.82, 2.24) is 9.88 Å². The first-order valence-electron chi connectivity index (χ1n) is 11.6. The third-order valence-electron chi connectivity index (χ3n) is 6.45. The minimum Gasteiger partial charge on any atom is -0.497 e. The van der Waals surface area contributed by atoms with E-state index < -0.39 is 0 Å². The summed E-state index contributed by atoms with van der Waals surface area (Å²) in [6.07, 6.45) is 4.15. The molecule has 1 atom stereocenters. The van der Waals surface area contributed by atoms with Crippen LogP contribution in [0.3, 0.4) is 0 Å². The average Bonchev–Trinajstić information content (AvgIpc) is 3.37. The Kier molecular flexibility index (Phi) is 6.66. The third-order valence-corrected chi connectivity index (χ3v) is 6.71. The maximum Gasteiger partial charge on any atom is 0.128 e. The van der Waals surface area contributed by atoms with E-state index in [2.05, 4.69) is 15.2 Å². The van der Waals surface area contributed by atoms with Crippen molar-refractivity contribution >= 4 is 28.2 Å². The molecule has 0 radical (unpaired) electrons. The molecule has 0 aliphatic carbocycles. The molecule has 2 heterocycles. The Balaban J connectivity index is 1.52. The maximum atomic E-state index is 15.2. The summed E-state index contributed by atoms with van der Waals surface area (Å²) in [5.41, 5.74) is 4.32. The van der Waals surface area contributed by atoms with Gasteiger partial charge in [0.05, 0.1) is 18.7 Å². The van der Waals surface area contributed by atoms with E-state index in [-0.39, 0.29) is 11.9 Å². The lowest BCUT2D eigenvalue weighted by molar-refractivity contribution is 0.325. The van der Waals surface area contributed by atoms with Gasteiger partial charge >= 0.3 is 0 Å². The van der Waals surface area contributed by atoms with E-state index >= 15 is 4.39 Å². The molecule has 4 aromatic rings. The van der Waals surface area contributed by atoms with Gasteiger partial charge in [-0.2, -0.15) is 0 Å². The number of anilines is 1. The van der Waals surface area contributed by atoms with Gasteiger partial charge < -0.3 is 10.1 Å². The SMILES string of the molecule is COc1ccc2nccc(NC(c3ccc(Cl)cc3)c3ccc(CN4CCCC4)c(F)c3)c2c1. The second-order valence-electron chi connectivity index (χ2n) is 8.70. The Morgan fingerprint density at radius 2 is 1.76 bits per heavy atom. The van der Waals surface area contributed by atoms with Crippen molar-refractivity contribution in [3.8, 4) is 5.75 Å². The van der Waals surface area contributed by atoms with Gasteiger partial charge in [-0.05, 0) is 79.5 Å². The third kappa shape index (κ3) is 4.86. The van der Waals surface area contributed by atoms with Crippen molar-refractivity contribution in [3.63, 3.8) is 0 Å². The van der Waals surface area contributed by atoms with Gasteiger partial charge in [0.25, 0.3) is 0 Å². The number of nitrogens with zero attached hydrogens (tertiary/aromatic N) is 2. The van der Waals surface area contributed by atoms with Crippen LogP contribution < -0.4 is 10.1 Å². The highest BCUT2D eigenvalue weighted by Gasteiger charge is 2.19. The molecule has 3 aromatic carbocycles. The van der Waals surface area contributed by atoms with Crippen molar-refractivity contribution < 1.29 is 9.13 Å². The number of fused-ring (bicyclic) bond motifs is 1. The smallest absolute Gasteiger partial charge is 0.128 e. The predicted octanol–water partition coefficient (Wildman–Crippen LogP) is 6.83. The second-order valence-corrected chi connectivity index (χ2v) is 9.14. The zero-order chi connectivity index (χ0) is 23.5. The summed E-state index contributed by atoms with van der Waals surface area (Å²) in [4.78, 5) is 6.79. The lowest BCUT2D eigenvalue weighted by Crippen LogP contribution is -2.19. The van der Waals surface area contributed by atoms with Gasteiger partial charge in [0, 0.05) is 34.4 Å². The highest BCUT2D eigenvalue weighted by molar-refractivity contribution is 6.30. The molecule has 1 aliphatic rings. The first kappa shape index (κ1) is 22.6. The summed E-state index contributed by atoms with van der Waals surface area (Å²) >= 11 is 6.15. The fourth-order valence-corrected chi connectivity index (χ4v) is 4.73. The number of pyridine rings is 1. The minimum atomic E-state index is -0.274. The van der Waals surface area contributed by atoms with Crippen molar-refractivity contribution in [3.05, 3.63) is 100 Å². The van der Waals surface area contributed by atoms with Crippen LogP contribution in [0, 0.1) is 5.82 Å². The van der Waals surface area contributed by atoms with E-state index in [0.29, 0.717) is 11.6 Å². The number of likely N-dealkylation sites (tertiary alicyclic amines) is 1. The van der Waals surface area contributed by atoms with Crippen LogP contribution in [-0.2, 0) is 6.54 Å². The molecule has 4 nitrogen and oxygen atoms in total. The molecule has 1 fully saturated rings. The number of hydrogen-bond acceptors (Lipinski definition) is 4. The molecule has 174 valence electrons. The lowest BCUT2D eigenvalue weighted by atomic mass is 9.96. The van der Waals surface area contributed by atoms with Gasteiger partial charge in [0.15, 0.2) is 0 Å². The number of aromatic nitrogens is 1. The highest BCUT2D eigenvalue weighted by atomic mass is 35.5. The number of halogens is 2. The molecule has 5 rings (SSSR count). The zero-order valence-corrected chi connectivity index (χ0v) is 19.9. The quantitative estimate of drug-likeness (QED) is 0.318. The number of nitrogens with one attached hydrogen (secondary N) is 1. The Bertz CT molecular complexity index is 1290. The zero-order valence-electron chi connectivity index (χ0n) is 19.1. The molecule has 1 unspecified atom stereocenters. The molecule has 1 N–H and O–H groups in total. The van der Waals surface area contributed by atoms with Crippen molar-refractivity contribution in [2.75, 3.05) is 25.5 Å². The molecule has 0 bridgehead atoms. The Hall–Kier alpha value is -3.15. The molecular weight excluding hydrogens is 449 g/mol. The number of rotatable bonds is 7. The van der Waals surface area contributed by atoms with Gasteiger partial charge in [0.1, 0.15) is 11.6 Å². The first-order chi connectivity index (χ1) is 16.6. The molecule has 1 aromatic heterocycles. The number of methoxy groups -OCH3 is 1. The highest BCUT2D eigenvalue weighted by Crippen LogP contribution is 2.33. The number of benzene rings is 3. The van der Waals surface area contributed by atoms with Gasteiger partial charge in [-0.1, -0.05) is 35.9 Å². The minimum absolute atomic E-state index is 0.175. The fourth-order valence-electron chi connectivity index (χ4n) is 4.60. The van der Waals surface area contributed by atoms with E-state index in [1.54, 1.807) is 19.4 Å². The topological polar surface area (TPSA) is 37.4 Å². The van der Waals surface area contributed by atoms with E-state index in [1.165, 1.54) is 12.8 Å². The largest absolute Gasteiger partial charge is 0.497 e. The first-order valence-corrected chi connectivity index (χ1v) is 11.9. The normalized spacial score (nSPS) is 14.9. The number of ether oxygens (including phenoxy) is 1. The van der Waals surface area contributed by atoms with Gasteiger partial charge in [-0.25, -0.2) is 4.39 Å². The Labute approximate surface area is 204 Å². The molecule has 0 saturated carbocycles. The van der Waals surface area contributed by atoms with Crippen LogP contribution >= 0.6 is 11.6 Å². The molecule has 6 heteroatoms. The van der Waals surface area contributed by atoms with Crippen molar-refractivity contribution in [2.24, 2.45) is 0 Å². The van der Waals surface area contributed by atoms with Gasteiger partial charge in [-0.3, -0.25) is 9.88 Å². The molecule has 0 amide bonds. The van der Waals surface area contributed by atoms with E-state index in [4.69, 9.17) is 16.3 Å². The van der Waals surface area contributed by atoms with E-state index in [0.717, 1.165) is 52.1 Å². The molecular formula is C28H27ClFN3O. The molecule has 34 heavy (non-hydrogen) atoms. The van der Waals surface area contributed by atoms with Crippen molar-refractivity contribution in [2.45, 2.75) is 25.4 Å². The summed E-state index contributed by atoms with van der Waals surface area (Å²) in [6, 6.07) is 20.7. The summed E-state index contributed by atoms with van der Waals surface area (Å²) in [7, 11) is 1.65. The van der Waals surface area contributed by atoms with Crippen molar-refractivity contribution in [1.29, 1.82) is 0 Å². The summed E-state index contributed by atoms with van der Waals surface area (Å²) < 4.78 is 20.7. The van der Waals surface area contributed by atoms with Crippen LogP contribution in [0.4, 0.5) is 10.1 Å². The Morgan fingerprint density at radius 3 is 2.50 bits per heavy atom. The molecule has 1 saturated heterocycles. The van der Waals surface area contributed by atoms with Crippen LogP contribution in [0.15, 0.2) is 72.9 Å².